The van der Waals surface area contributed by atoms with Crippen molar-refractivity contribution in [2.45, 2.75) is 124 Å². The molecule has 246 valence electrons. The molecule has 0 radical (unpaired) electrons. The summed E-state index contributed by atoms with van der Waals surface area (Å²) in [7, 11) is 3.98. The van der Waals surface area contributed by atoms with E-state index in [1.165, 1.54) is 56.9 Å². The maximum Gasteiger partial charge on any atom is 0.306 e. The fraction of sp³-hybridized carbons (Fsp3) is 0.892. The Kier molecular flexibility index (Phi) is 11.5. The molecule has 0 saturated heterocycles. The Bertz CT molecular complexity index is 989. The van der Waals surface area contributed by atoms with Crippen molar-refractivity contribution in [2.24, 2.45) is 46.3 Å². The summed E-state index contributed by atoms with van der Waals surface area (Å²) in [6.45, 7) is 14.1. The average Bonchev–Trinajstić information content (AvgIpc) is 3.29. The fourth-order valence-electron chi connectivity index (χ4n) is 10.1. The summed E-state index contributed by atoms with van der Waals surface area (Å²) in [5, 5.41) is 9.14. The van der Waals surface area contributed by atoms with Crippen molar-refractivity contribution in [2.75, 3.05) is 40.4 Å². The highest BCUT2D eigenvalue weighted by atomic mass is 16.5. The summed E-state index contributed by atoms with van der Waals surface area (Å²) >= 11 is 0. The third-order valence-corrected chi connectivity index (χ3v) is 12.8. The highest BCUT2D eigenvalue weighted by Gasteiger charge is 2.59. The molecular weight excluding hydrogens is 538 g/mol. The quantitative estimate of drug-likeness (QED) is 0.128. The number of esters is 2. The molecule has 4 rings (SSSR count). The van der Waals surface area contributed by atoms with E-state index in [9.17, 15) is 9.59 Å². The number of hydrogen-bond acceptors (Lipinski definition) is 5. The van der Waals surface area contributed by atoms with Crippen molar-refractivity contribution >= 4 is 11.9 Å². The van der Waals surface area contributed by atoms with Gasteiger partial charge in [0.2, 0.25) is 0 Å². The van der Waals surface area contributed by atoms with Crippen LogP contribution in [0.2, 0.25) is 0 Å². The minimum absolute atomic E-state index is 0.0562. The molecule has 0 aromatic carbocycles. The number of likely N-dealkylation sites (N-methyl/N-ethyl adjacent to an activating group) is 1. The lowest BCUT2D eigenvalue weighted by atomic mass is 9.47. The Morgan fingerprint density at radius 2 is 1.72 bits per heavy atom. The molecular formula is C37H64NO5+. The van der Waals surface area contributed by atoms with Gasteiger partial charge in [-0.2, -0.15) is 0 Å². The average molecular weight is 603 g/mol. The smallest absolute Gasteiger partial charge is 0.306 e. The van der Waals surface area contributed by atoms with Crippen molar-refractivity contribution in [1.29, 1.82) is 0 Å². The van der Waals surface area contributed by atoms with Crippen LogP contribution in [0.5, 0.6) is 0 Å². The van der Waals surface area contributed by atoms with Gasteiger partial charge in [0.05, 0.1) is 33.5 Å². The van der Waals surface area contributed by atoms with E-state index in [4.69, 9.17) is 14.6 Å². The molecule has 6 nitrogen and oxygen atoms in total. The molecule has 0 aromatic rings. The number of fused-ring (bicyclic) bond motifs is 5. The first-order valence-electron chi connectivity index (χ1n) is 17.8. The molecule has 1 N–H and O–H groups in total. The largest absolute Gasteiger partial charge is 0.462 e. The predicted molar refractivity (Wildman–Crippen MR) is 172 cm³/mol. The first-order valence-corrected chi connectivity index (χ1v) is 17.8. The molecule has 6 heteroatoms. The van der Waals surface area contributed by atoms with Crippen molar-refractivity contribution in [3.8, 4) is 0 Å². The molecule has 0 heterocycles. The number of allylic oxidation sites excluding steroid dienone is 1. The fourth-order valence-corrected chi connectivity index (χ4v) is 10.1. The monoisotopic (exact) mass is 602 g/mol. The number of rotatable bonds is 14. The molecule has 8 atom stereocenters. The van der Waals surface area contributed by atoms with E-state index in [1.54, 1.807) is 0 Å². The predicted octanol–water partition coefficient (Wildman–Crippen LogP) is 7.33. The minimum atomic E-state index is -0.360. The maximum atomic E-state index is 12.7. The van der Waals surface area contributed by atoms with Crippen molar-refractivity contribution in [3.05, 3.63) is 11.6 Å². The van der Waals surface area contributed by atoms with E-state index >= 15 is 0 Å². The first kappa shape index (κ1) is 34.5. The van der Waals surface area contributed by atoms with Gasteiger partial charge in [-0.25, -0.2) is 0 Å². The number of hydrogen-bond donors (Lipinski definition) is 1. The highest BCUT2D eigenvalue weighted by molar-refractivity contribution is 5.77. The Morgan fingerprint density at radius 1 is 0.977 bits per heavy atom. The highest BCUT2D eigenvalue weighted by Crippen LogP contribution is 2.67. The van der Waals surface area contributed by atoms with E-state index < -0.39 is 0 Å². The van der Waals surface area contributed by atoms with Gasteiger partial charge in [0.1, 0.15) is 25.8 Å². The second-order valence-corrected chi connectivity index (χ2v) is 16.5. The Balaban J connectivity index is 1.26. The van der Waals surface area contributed by atoms with Crippen LogP contribution in [0.1, 0.15) is 118 Å². The van der Waals surface area contributed by atoms with Crippen LogP contribution in [0.15, 0.2) is 11.6 Å². The Morgan fingerprint density at radius 3 is 2.44 bits per heavy atom. The van der Waals surface area contributed by atoms with E-state index in [2.05, 4.69) is 40.7 Å². The summed E-state index contributed by atoms with van der Waals surface area (Å²) in [5.74, 6) is 4.30. The lowest BCUT2D eigenvalue weighted by Gasteiger charge is -2.58. The normalized spacial score (nSPS) is 34.5. The lowest BCUT2D eigenvalue weighted by Crippen LogP contribution is -2.51. The van der Waals surface area contributed by atoms with Crippen LogP contribution in [0, 0.1) is 46.3 Å². The van der Waals surface area contributed by atoms with Crippen LogP contribution in [0.4, 0.5) is 0 Å². The third-order valence-electron chi connectivity index (χ3n) is 12.8. The van der Waals surface area contributed by atoms with Gasteiger partial charge >= 0.3 is 11.9 Å². The zero-order chi connectivity index (χ0) is 31.4. The molecule has 0 spiro atoms. The molecule has 0 aromatic heterocycles. The number of nitrogens with zero attached hydrogens (tertiary/aromatic N) is 1. The van der Waals surface area contributed by atoms with Gasteiger partial charge in [-0.1, -0.05) is 65.5 Å². The molecule has 0 aliphatic heterocycles. The SMILES string of the molecule is CC(C)CCC[C@@H](C)C1CCC2C3CC=C4C[C@@H](OC(=O)CCC(=O)OCC[N+](C)(C)CCO)CC[C@]4(C)C3CC[C@@]21C. The molecule has 43 heavy (non-hydrogen) atoms. The number of ether oxygens (including phenoxy) is 2. The zero-order valence-electron chi connectivity index (χ0n) is 28.7. The van der Waals surface area contributed by atoms with E-state index in [1.807, 2.05) is 14.1 Å². The van der Waals surface area contributed by atoms with Gasteiger partial charge in [0, 0.05) is 6.42 Å². The van der Waals surface area contributed by atoms with Gasteiger partial charge in [-0.15, -0.1) is 0 Å². The second kappa shape index (κ2) is 14.4. The molecule has 4 aliphatic rings. The number of carbonyl (C=O) groups is 2. The summed E-state index contributed by atoms with van der Waals surface area (Å²) in [6.07, 6.45) is 16.4. The van der Waals surface area contributed by atoms with Crippen molar-refractivity contribution in [3.63, 3.8) is 0 Å². The van der Waals surface area contributed by atoms with Crippen LogP contribution < -0.4 is 0 Å². The number of aliphatic hydroxyl groups is 1. The van der Waals surface area contributed by atoms with Crippen LogP contribution >= 0.6 is 0 Å². The summed E-state index contributed by atoms with van der Waals surface area (Å²) in [4.78, 5) is 24.8. The van der Waals surface area contributed by atoms with Gasteiger partial charge in [-0.05, 0) is 91.3 Å². The minimum Gasteiger partial charge on any atom is -0.462 e. The third kappa shape index (κ3) is 8.07. The van der Waals surface area contributed by atoms with E-state index in [-0.39, 0.29) is 49.5 Å². The Hall–Kier alpha value is -1.40. The van der Waals surface area contributed by atoms with Crippen LogP contribution in [-0.2, 0) is 19.1 Å². The summed E-state index contributed by atoms with van der Waals surface area (Å²) in [6, 6.07) is 0. The standard InChI is InChI=1S/C37H64NO5/c1-26(2)9-8-10-27(3)31-13-14-32-30-12-11-28-25-29(17-19-36(28,4)33(30)18-20-37(31,32)5)43-35(41)16-15-34(40)42-24-22-38(6,7)21-23-39/h11,26-27,29-33,39H,8-10,12-25H2,1-7H3/q+1/t27-,29+,30?,31?,32?,33?,36+,37-/m1/s1. The van der Waals surface area contributed by atoms with E-state index in [0.29, 0.717) is 23.0 Å². The first-order chi connectivity index (χ1) is 20.3. The molecule has 0 bridgehead atoms. The molecule has 4 unspecified atom stereocenters. The van der Waals surface area contributed by atoms with Gasteiger partial charge in [0.25, 0.3) is 0 Å². The number of carbonyl (C=O) groups excluding carboxylic acids is 2. The van der Waals surface area contributed by atoms with Gasteiger partial charge < -0.3 is 19.1 Å². The van der Waals surface area contributed by atoms with Gasteiger partial charge in [0.15, 0.2) is 0 Å². The van der Waals surface area contributed by atoms with Gasteiger partial charge in [-0.3, -0.25) is 9.59 Å². The second-order valence-electron chi connectivity index (χ2n) is 16.5. The topological polar surface area (TPSA) is 72.8 Å². The van der Waals surface area contributed by atoms with Crippen LogP contribution in [0.3, 0.4) is 0 Å². The van der Waals surface area contributed by atoms with Crippen molar-refractivity contribution in [1.82, 2.24) is 0 Å². The lowest BCUT2D eigenvalue weighted by molar-refractivity contribution is -0.890. The number of quaternary nitrogens is 1. The molecule has 0 amide bonds. The zero-order valence-corrected chi connectivity index (χ0v) is 28.7. The molecule has 3 fully saturated rings. The summed E-state index contributed by atoms with van der Waals surface area (Å²) < 4.78 is 11.8. The molecule has 3 saturated carbocycles. The van der Waals surface area contributed by atoms with Crippen molar-refractivity contribution < 1.29 is 28.7 Å². The maximum absolute atomic E-state index is 12.7. The Labute approximate surface area is 262 Å². The van der Waals surface area contributed by atoms with E-state index in [0.717, 1.165) is 54.8 Å². The number of aliphatic hydroxyl groups excluding tert-OH is 1. The summed E-state index contributed by atoms with van der Waals surface area (Å²) in [5.41, 5.74) is 2.27. The van der Waals surface area contributed by atoms with Crippen LogP contribution in [-0.4, -0.2) is 68.0 Å². The molecule has 4 aliphatic carbocycles. The van der Waals surface area contributed by atoms with Crippen LogP contribution in [0.25, 0.3) is 0 Å².